The molecule has 0 heterocycles. The lowest BCUT2D eigenvalue weighted by Gasteiger charge is -2.14. The Morgan fingerprint density at radius 2 is 2.11 bits per heavy atom. The number of carbonyl (C=O) groups excluding carboxylic acids is 1. The summed E-state index contributed by atoms with van der Waals surface area (Å²) in [6.45, 7) is 3.74. The second kappa shape index (κ2) is 8.25. The van der Waals surface area contributed by atoms with Gasteiger partial charge in [0.25, 0.3) is 0 Å². The predicted molar refractivity (Wildman–Crippen MR) is 78.0 cm³/mol. The van der Waals surface area contributed by atoms with Crippen molar-refractivity contribution < 1.29 is 9.53 Å². The minimum Gasteiger partial charge on any atom is -0.491 e. The molecule has 0 atom stereocenters. The van der Waals surface area contributed by atoms with Crippen LogP contribution in [0.3, 0.4) is 0 Å². The molecule has 106 valence electrons. The van der Waals surface area contributed by atoms with Crippen molar-refractivity contribution in [1.82, 2.24) is 10.6 Å². The Balaban J connectivity index is 2.76. The zero-order chi connectivity index (χ0) is 14.3. The number of carbonyl (C=O) groups is 1. The highest BCUT2D eigenvalue weighted by molar-refractivity contribution is 6.35. The Morgan fingerprint density at radius 3 is 2.74 bits per heavy atom. The van der Waals surface area contributed by atoms with Gasteiger partial charge in [0.05, 0.1) is 18.1 Å². The van der Waals surface area contributed by atoms with E-state index in [4.69, 9.17) is 27.9 Å². The van der Waals surface area contributed by atoms with E-state index in [-0.39, 0.29) is 18.9 Å². The summed E-state index contributed by atoms with van der Waals surface area (Å²) in [7, 11) is 1.59. The molecule has 0 aromatic heterocycles. The lowest BCUT2D eigenvalue weighted by atomic mass is 10.2. The number of halogens is 2. The van der Waals surface area contributed by atoms with Gasteiger partial charge in [-0.2, -0.15) is 0 Å². The normalized spacial score (nSPS) is 10.3. The lowest BCUT2D eigenvalue weighted by Crippen LogP contribution is -2.20. The van der Waals surface area contributed by atoms with Crippen molar-refractivity contribution in [2.75, 3.05) is 20.2 Å². The topological polar surface area (TPSA) is 50.4 Å². The Bertz CT molecular complexity index is 439. The van der Waals surface area contributed by atoms with Gasteiger partial charge in [-0.3, -0.25) is 4.79 Å². The number of hydrogen-bond donors (Lipinski definition) is 2. The SMILES string of the molecule is CCNCc1cc(Cl)cc(Cl)c1OCCC(=O)NC. The third kappa shape index (κ3) is 5.27. The van der Waals surface area contributed by atoms with Gasteiger partial charge in [-0.1, -0.05) is 30.1 Å². The van der Waals surface area contributed by atoms with E-state index >= 15 is 0 Å². The molecular weight excluding hydrogens is 287 g/mol. The van der Waals surface area contributed by atoms with Gasteiger partial charge in [-0.25, -0.2) is 0 Å². The quantitative estimate of drug-likeness (QED) is 0.814. The molecular formula is C13H18Cl2N2O2. The maximum atomic E-state index is 11.1. The highest BCUT2D eigenvalue weighted by Gasteiger charge is 2.11. The number of ether oxygens (including phenoxy) is 1. The second-order valence-corrected chi connectivity index (χ2v) is 4.77. The summed E-state index contributed by atoms with van der Waals surface area (Å²) in [5.41, 5.74) is 0.885. The summed E-state index contributed by atoms with van der Waals surface area (Å²) >= 11 is 12.1. The van der Waals surface area contributed by atoms with Crippen LogP contribution in [0.2, 0.25) is 10.0 Å². The van der Waals surface area contributed by atoms with Crippen LogP contribution in [-0.4, -0.2) is 26.1 Å². The smallest absolute Gasteiger partial charge is 0.223 e. The first kappa shape index (κ1) is 16.1. The molecule has 0 radical (unpaired) electrons. The van der Waals surface area contributed by atoms with Gasteiger partial charge < -0.3 is 15.4 Å². The molecule has 1 rings (SSSR count). The van der Waals surface area contributed by atoms with E-state index in [1.807, 2.05) is 13.0 Å². The van der Waals surface area contributed by atoms with Crippen LogP contribution in [0.5, 0.6) is 5.75 Å². The van der Waals surface area contributed by atoms with Crippen LogP contribution in [-0.2, 0) is 11.3 Å². The van der Waals surface area contributed by atoms with E-state index in [1.165, 1.54) is 0 Å². The minimum absolute atomic E-state index is 0.0710. The highest BCUT2D eigenvalue weighted by atomic mass is 35.5. The standard InChI is InChI=1S/C13H18Cl2N2O2/c1-3-17-8-9-6-10(14)7-11(15)13(9)19-5-4-12(18)16-2/h6-7,17H,3-5,8H2,1-2H3,(H,16,18). The Kier molecular flexibility index (Phi) is 6.99. The zero-order valence-electron chi connectivity index (χ0n) is 11.1. The van der Waals surface area contributed by atoms with Crippen molar-refractivity contribution in [3.63, 3.8) is 0 Å². The van der Waals surface area contributed by atoms with Crippen molar-refractivity contribution in [1.29, 1.82) is 0 Å². The van der Waals surface area contributed by atoms with E-state index in [0.29, 0.717) is 22.3 Å². The second-order valence-electron chi connectivity index (χ2n) is 3.93. The van der Waals surface area contributed by atoms with Gasteiger partial charge >= 0.3 is 0 Å². The molecule has 0 fully saturated rings. The molecule has 0 aliphatic carbocycles. The summed E-state index contributed by atoms with van der Waals surface area (Å²) < 4.78 is 5.60. The number of rotatable bonds is 7. The highest BCUT2D eigenvalue weighted by Crippen LogP contribution is 2.32. The minimum atomic E-state index is -0.0710. The Labute approximate surface area is 123 Å². The Morgan fingerprint density at radius 1 is 1.37 bits per heavy atom. The first-order chi connectivity index (χ1) is 9.08. The van der Waals surface area contributed by atoms with Crippen LogP contribution in [0.25, 0.3) is 0 Å². The Hall–Kier alpha value is -0.970. The summed E-state index contributed by atoms with van der Waals surface area (Å²) in [6.07, 6.45) is 0.288. The van der Waals surface area contributed by atoms with Gasteiger partial charge in [0.15, 0.2) is 0 Å². The van der Waals surface area contributed by atoms with Crippen molar-refractivity contribution in [2.45, 2.75) is 19.9 Å². The molecule has 2 N–H and O–H groups in total. The number of nitrogens with one attached hydrogen (secondary N) is 2. The van der Waals surface area contributed by atoms with E-state index in [1.54, 1.807) is 13.1 Å². The van der Waals surface area contributed by atoms with Crippen molar-refractivity contribution in [3.8, 4) is 5.75 Å². The van der Waals surface area contributed by atoms with Crippen LogP contribution in [0.1, 0.15) is 18.9 Å². The molecule has 6 heteroatoms. The fourth-order valence-corrected chi connectivity index (χ4v) is 2.13. The van der Waals surface area contributed by atoms with Crippen LogP contribution in [0, 0.1) is 0 Å². The van der Waals surface area contributed by atoms with Gasteiger partial charge in [0, 0.05) is 24.2 Å². The molecule has 0 aliphatic rings. The van der Waals surface area contributed by atoms with E-state index < -0.39 is 0 Å². The monoisotopic (exact) mass is 304 g/mol. The van der Waals surface area contributed by atoms with E-state index in [9.17, 15) is 4.79 Å². The van der Waals surface area contributed by atoms with Crippen LogP contribution >= 0.6 is 23.2 Å². The third-order valence-electron chi connectivity index (χ3n) is 2.51. The number of amides is 1. The fourth-order valence-electron chi connectivity index (χ4n) is 1.54. The maximum Gasteiger partial charge on any atom is 0.223 e. The number of hydrogen-bond acceptors (Lipinski definition) is 3. The zero-order valence-corrected chi connectivity index (χ0v) is 12.6. The van der Waals surface area contributed by atoms with Crippen LogP contribution in [0.15, 0.2) is 12.1 Å². The van der Waals surface area contributed by atoms with Crippen molar-refractivity contribution >= 4 is 29.1 Å². The molecule has 1 aromatic rings. The molecule has 1 aromatic carbocycles. The molecule has 1 amide bonds. The van der Waals surface area contributed by atoms with Crippen LogP contribution < -0.4 is 15.4 Å². The van der Waals surface area contributed by atoms with Crippen LogP contribution in [0.4, 0.5) is 0 Å². The van der Waals surface area contributed by atoms with Gasteiger partial charge in [0.1, 0.15) is 5.75 Å². The number of benzene rings is 1. The molecule has 0 aliphatic heterocycles. The van der Waals surface area contributed by atoms with Crippen molar-refractivity contribution in [3.05, 3.63) is 27.7 Å². The van der Waals surface area contributed by atoms with E-state index in [2.05, 4.69) is 10.6 Å². The maximum absolute atomic E-state index is 11.1. The molecule has 19 heavy (non-hydrogen) atoms. The largest absolute Gasteiger partial charge is 0.491 e. The summed E-state index contributed by atoms with van der Waals surface area (Å²) in [5, 5.41) is 6.75. The molecule has 0 saturated heterocycles. The molecule has 0 unspecified atom stereocenters. The third-order valence-corrected chi connectivity index (χ3v) is 3.00. The average Bonchev–Trinajstić information content (AvgIpc) is 2.38. The molecule has 0 bridgehead atoms. The van der Waals surface area contributed by atoms with Crippen molar-refractivity contribution in [2.24, 2.45) is 0 Å². The summed E-state index contributed by atoms with van der Waals surface area (Å²) in [4.78, 5) is 11.1. The first-order valence-corrected chi connectivity index (χ1v) is 6.86. The summed E-state index contributed by atoms with van der Waals surface area (Å²) in [6, 6.07) is 3.44. The van der Waals surface area contributed by atoms with E-state index in [0.717, 1.165) is 12.1 Å². The van der Waals surface area contributed by atoms with Gasteiger partial charge in [-0.05, 0) is 18.7 Å². The van der Waals surface area contributed by atoms with Gasteiger partial charge in [-0.15, -0.1) is 0 Å². The fraction of sp³-hybridized carbons (Fsp3) is 0.462. The van der Waals surface area contributed by atoms with Gasteiger partial charge in [0.2, 0.25) is 5.91 Å². The first-order valence-electron chi connectivity index (χ1n) is 6.10. The average molecular weight is 305 g/mol. The molecule has 0 spiro atoms. The predicted octanol–water partition coefficient (Wildman–Crippen LogP) is 2.62. The molecule has 0 saturated carbocycles. The molecule has 4 nitrogen and oxygen atoms in total. The summed E-state index contributed by atoms with van der Waals surface area (Å²) in [5.74, 6) is 0.509. The lowest BCUT2D eigenvalue weighted by molar-refractivity contribution is -0.121.